The van der Waals surface area contributed by atoms with E-state index in [-0.39, 0.29) is 12.5 Å². The Morgan fingerprint density at radius 3 is 1.62 bits per heavy atom. The highest BCUT2D eigenvalue weighted by Crippen LogP contribution is 2.38. The van der Waals surface area contributed by atoms with E-state index in [1.165, 1.54) is 103 Å². The number of likely N-dealkylation sites (N-methyl/N-ethyl adjacent to an activating group) is 1. The lowest BCUT2D eigenvalue weighted by Crippen LogP contribution is -2.45. The largest absolute Gasteiger partial charge is 0.756 e. The zero-order valence-electron chi connectivity index (χ0n) is 33.1. The predicted octanol–water partition coefficient (Wildman–Crippen LogP) is 10.1. The molecule has 2 N–H and O–H groups in total. The molecule has 3 unspecified atom stereocenters. The van der Waals surface area contributed by atoms with Crippen LogP contribution in [0.2, 0.25) is 0 Å². The van der Waals surface area contributed by atoms with E-state index in [0.29, 0.717) is 17.4 Å². The Bertz CT molecular complexity index is 917. The number of hydrogen-bond acceptors (Lipinski definition) is 6. The fourth-order valence-electron chi connectivity index (χ4n) is 5.54. The molecule has 0 aliphatic heterocycles. The molecular formula is C41H79N2O6P. The van der Waals surface area contributed by atoms with Crippen molar-refractivity contribution in [3.63, 3.8) is 0 Å². The van der Waals surface area contributed by atoms with E-state index in [4.69, 9.17) is 9.05 Å². The molecule has 0 rings (SSSR count). The monoisotopic (exact) mass is 727 g/mol. The second-order valence-electron chi connectivity index (χ2n) is 15.0. The molecule has 0 aliphatic carbocycles. The summed E-state index contributed by atoms with van der Waals surface area (Å²) in [6, 6.07) is -0.903. The van der Waals surface area contributed by atoms with Crippen LogP contribution in [0.25, 0.3) is 0 Å². The number of quaternary nitrogens is 1. The second-order valence-corrected chi connectivity index (χ2v) is 16.4. The van der Waals surface area contributed by atoms with Gasteiger partial charge in [-0.2, -0.15) is 0 Å². The van der Waals surface area contributed by atoms with Gasteiger partial charge in [0.2, 0.25) is 5.91 Å². The molecule has 0 aromatic carbocycles. The lowest BCUT2D eigenvalue weighted by Gasteiger charge is -2.29. The zero-order chi connectivity index (χ0) is 37.2. The van der Waals surface area contributed by atoms with Crippen LogP contribution in [0.5, 0.6) is 0 Å². The van der Waals surface area contributed by atoms with Crippen LogP contribution in [0.3, 0.4) is 0 Å². The third-order valence-electron chi connectivity index (χ3n) is 8.83. The van der Waals surface area contributed by atoms with Crippen LogP contribution in [0.1, 0.15) is 168 Å². The molecule has 0 aliphatic rings. The molecule has 0 radical (unpaired) electrons. The lowest BCUT2D eigenvalue weighted by molar-refractivity contribution is -0.870. The summed E-state index contributed by atoms with van der Waals surface area (Å²) in [6.45, 7) is 4.56. The topological polar surface area (TPSA) is 108 Å². The van der Waals surface area contributed by atoms with Gasteiger partial charge in [0, 0.05) is 6.42 Å². The minimum atomic E-state index is -4.59. The Labute approximate surface area is 308 Å². The maximum Gasteiger partial charge on any atom is 0.268 e. The van der Waals surface area contributed by atoms with Gasteiger partial charge in [0.05, 0.1) is 39.9 Å². The SMILES string of the molecule is CCCCCCCCCCCC/C=C/CC/C=C/CC/C=C/C(O)C(COP(=O)([O-])OCC[N+](C)(C)C)NC(=O)CCCCCCCCCC. The minimum Gasteiger partial charge on any atom is -0.756 e. The number of unbranched alkanes of at least 4 members (excludes halogenated alkanes) is 19. The second kappa shape index (κ2) is 33.5. The summed E-state index contributed by atoms with van der Waals surface area (Å²) in [6.07, 6.45) is 39.2. The number of hydrogen-bond donors (Lipinski definition) is 2. The van der Waals surface area contributed by atoms with Crippen LogP contribution in [-0.4, -0.2) is 68.5 Å². The maximum absolute atomic E-state index is 12.7. The van der Waals surface area contributed by atoms with E-state index in [0.717, 1.165) is 44.9 Å². The maximum atomic E-state index is 12.7. The predicted molar refractivity (Wildman–Crippen MR) is 210 cm³/mol. The van der Waals surface area contributed by atoms with Crippen LogP contribution in [-0.2, 0) is 18.4 Å². The third-order valence-corrected chi connectivity index (χ3v) is 9.79. The number of rotatable bonds is 36. The smallest absolute Gasteiger partial charge is 0.268 e. The Morgan fingerprint density at radius 1 is 0.680 bits per heavy atom. The first kappa shape index (κ1) is 48.7. The number of nitrogens with zero attached hydrogens (tertiary/aromatic N) is 1. The first-order chi connectivity index (χ1) is 24.0. The minimum absolute atomic E-state index is 0.00852. The van der Waals surface area contributed by atoms with Gasteiger partial charge in [-0.1, -0.05) is 153 Å². The number of amides is 1. The zero-order valence-corrected chi connectivity index (χ0v) is 34.0. The summed E-state index contributed by atoms with van der Waals surface area (Å²) in [5, 5.41) is 13.7. The molecule has 3 atom stereocenters. The molecule has 0 saturated carbocycles. The lowest BCUT2D eigenvalue weighted by atomic mass is 10.1. The third kappa shape index (κ3) is 35.1. The molecule has 0 bridgehead atoms. The summed E-state index contributed by atoms with van der Waals surface area (Å²) in [5.41, 5.74) is 0. The van der Waals surface area contributed by atoms with Crippen molar-refractivity contribution >= 4 is 13.7 Å². The van der Waals surface area contributed by atoms with Crippen LogP contribution < -0.4 is 10.2 Å². The number of aliphatic hydroxyl groups excluding tert-OH is 1. The van der Waals surface area contributed by atoms with Gasteiger partial charge in [0.1, 0.15) is 13.2 Å². The van der Waals surface area contributed by atoms with E-state index in [2.05, 4.69) is 43.5 Å². The summed E-state index contributed by atoms with van der Waals surface area (Å²) >= 11 is 0. The van der Waals surface area contributed by atoms with Gasteiger partial charge in [-0.25, -0.2) is 0 Å². The molecule has 0 saturated heterocycles. The molecule has 0 aromatic rings. The van der Waals surface area contributed by atoms with Gasteiger partial charge >= 0.3 is 0 Å². The van der Waals surface area contributed by atoms with Gasteiger partial charge < -0.3 is 28.8 Å². The Balaban J connectivity index is 4.47. The Hall–Kier alpha value is -1.28. The molecule has 0 aromatic heterocycles. The quantitative estimate of drug-likeness (QED) is 0.0288. The molecule has 0 heterocycles. The van der Waals surface area contributed by atoms with Crippen molar-refractivity contribution in [1.82, 2.24) is 5.32 Å². The molecule has 294 valence electrons. The van der Waals surface area contributed by atoms with Crippen LogP contribution in [0.15, 0.2) is 36.5 Å². The standard InChI is InChI=1S/C41H79N2O6P/c1-6-8-10-12-14-16-17-18-19-20-21-22-23-24-25-26-27-28-30-32-34-40(44)39(38-49-50(46,47)48-37-36-43(3,4)5)42-41(45)35-33-31-29-15-13-11-9-7-2/h22-23,26-27,32,34,39-40,44H,6-21,24-25,28-31,33,35-38H2,1-5H3,(H-,42,45,46,47)/b23-22+,27-26+,34-32+. The number of phosphoric ester groups is 1. The summed E-state index contributed by atoms with van der Waals surface area (Å²) in [4.78, 5) is 25.1. The normalized spacial score (nSPS) is 14.9. The van der Waals surface area contributed by atoms with Crippen molar-refractivity contribution in [2.45, 2.75) is 180 Å². The highest BCUT2D eigenvalue weighted by atomic mass is 31.2. The van der Waals surface area contributed by atoms with Crippen LogP contribution >= 0.6 is 7.82 Å². The van der Waals surface area contributed by atoms with E-state index >= 15 is 0 Å². The summed E-state index contributed by atoms with van der Waals surface area (Å²) < 4.78 is 23.0. The van der Waals surface area contributed by atoms with Crippen LogP contribution in [0, 0.1) is 0 Å². The van der Waals surface area contributed by atoms with E-state index in [1.807, 2.05) is 27.2 Å². The average molecular weight is 727 g/mol. The molecule has 0 spiro atoms. The van der Waals surface area contributed by atoms with Crippen molar-refractivity contribution in [2.24, 2.45) is 0 Å². The Kier molecular flexibility index (Phi) is 32.7. The number of carbonyl (C=O) groups excluding carboxylic acids is 1. The van der Waals surface area contributed by atoms with Gasteiger partial charge in [-0.3, -0.25) is 9.36 Å². The highest BCUT2D eigenvalue weighted by molar-refractivity contribution is 7.45. The molecular weight excluding hydrogens is 647 g/mol. The molecule has 50 heavy (non-hydrogen) atoms. The van der Waals surface area contributed by atoms with E-state index < -0.39 is 26.6 Å². The van der Waals surface area contributed by atoms with Crippen molar-refractivity contribution in [3.8, 4) is 0 Å². The van der Waals surface area contributed by atoms with Crippen molar-refractivity contribution in [1.29, 1.82) is 0 Å². The van der Waals surface area contributed by atoms with Gasteiger partial charge in [-0.05, 0) is 44.9 Å². The van der Waals surface area contributed by atoms with Gasteiger partial charge in [0.25, 0.3) is 7.82 Å². The van der Waals surface area contributed by atoms with Gasteiger partial charge in [-0.15, -0.1) is 0 Å². The number of carbonyl (C=O) groups is 1. The number of nitrogens with one attached hydrogen (secondary N) is 1. The Morgan fingerprint density at radius 2 is 1.12 bits per heavy atom. The first-order valence-electron chi connectivity index (χ1n) is 20.4. The fraction of sp³-hybridized carbons (Fsp3) is 0.829. The number of allylic oxidation sites excluding steroid dienone is 5. The first-order valence-corrected chi connectivity index (χ1v) is 21.8. The highest BCUT2D eigenvalue weighted by Gasteiger charge is 2.23. The van der Waals surface area contributed by atoms with Gasteiger partial charge in [0.15, 0.2) is 0 Å². The average Bonchev–Trinajstić information content (AvgIpc) is 3.06. The molecule has 8 nitrogen and oxygen atoms in total. The summed E-state index contributed by atoms with van der Waals surface area (Å²) in [5.74, 6) is -0.218. The van der Waals surface area contributed by atoms with Crippen molar-refractivity contribution in [2.75, 3.05) is 40.9 Å². The number of aliphatic hydroxyl groups is 1. The summed E-state index contributed by atoms with van der Waals surface area (Å²) in [7, 11) is 1.23. The number of phosphoric acid groups is 1. The van der Waals surface area contributed by atoms with E-state index in [1.54, 1.807) is 6.08 Å². The van der Waals surface area contributed by atoms with Crippen molar-refractivity contribution in [3.05, 3.63) is 36.5 Å². The fourth-order valence-corrected chi connectivity index (χ4v) is 6.26. The molecule has 1 amide bonds. The molecule has 0 fully saturated rings. The van der Waals surface area contributed by atoms with Crippen LogP contribution in [0.4, 0.5) is 0 Å². The van der Waals surface area contributed by atoms with Crippen molar-refractivity contribution < 1.29 is 32.9 Å². The molecule has 9 heteroatoms. The van der Waals surface area contributed by atoms with E-state index in [9.17, 15) is 19.4 Å².